The van der Waals surface area contributed by atoms with Gasteiger partial charge in [0.05, 0.1) is 5.75 Å². The van der Waals surface area contributed by atoms with Gasteiger partial charge in [0.25, 0.3) is 0 Å². The Morgan fingerprint density at radius 3 is 2.43 bits per heavy atom. The molecule has 0 atom stereocenters. The second-order valence-corrected chi connectivity index (χ2v) is 6.12. The minimum Gasteiger partial charge on any atom is -0.317 e. The summed E-state index contributed by atoms with van der Waals surface area (Å²) >= 11 is 0. The fourth-order valence-corrected chi connectivity index (χ4v) is 3.40. The van der Waals surface area contributed by atoms with Gasteiger partial charge in [0.15, 0.2) is 0 Å². The fourth-order valence-electron chi connectivity index (χ4n) is 1.68. The van der Waals surface area contributed by atoms with E-state index in [0.29, 0.717) is 0 Å². The summed E-state index contributed by atoms with van der Waals surface area (Å²) in [4.78, 5) is 0. The lowest BCUT2D eigenvalue weighted by Gasteiger charge is -2.23. The molecule has 0 radical (unpaired) electrons. The summed E-state index contributed by atoms with van der Waals surface area (Å²) in [6.07, 6.45) is 1.80. The van der Waals surface area contributed by atoms with Crippen LogP contribution in [0.15, 0.2) is 0 Å². The maximum atomic E-state index is 11.6. The van der Waals surface area contributed by atoms with E-state index in [1.807, 2.05) is 13.8 Å². The van der Waals surface area contributed by atoms with Crippen LogP contribution < -0.4 is 10.0 Å². The molecule has 84 valence electrons. The van der Waals surface area contributed by atoms with Crippen LogP contribution in [-0.2, 0) is 10.0 Å². The molecular formula is C9H20N2O2S. The van der Waals surface area contributed by atoms with E-state index in [9.17, 15) is 8.42 Å². The maximum Gasteiger partial charge on any atom is 0.212 e. The monoisotopic (exact) mass is 220 g/mol. The van der Waals surface area contributed by atoms with Crippen LogP contribution in [0.2, 0.25) is 0 Å². The molecule has 0 spiro atoms. The van der Waals surface area contributed by atoms with Crippen LogP contribution in [0.25, 0.3) is 0 Å². The molecular weight excluding hydrogens is 200 g/mol. The molecule has 1 rings (SSSR count). The van der Waals surface area contributed by atoms with E-state index in [-0.39, 0.29) is 17.7 Å². The zero-order valence-electron chi connectivity index (χ0n) is 8.91. The van der Waals surface area contributed by atoms with Crippen LogP contribution >= 0.6 is 0 Å². The first-order valence-corrected chi connectivity index (χ1v) is 6.85. The number of hydrogen-bond donors (Lipinski definition) is 2. The number of nitrogens with one attached hydrogen (secondary N) is 2. The third-order valence-electron chi connectivity index (χ3n) is 2.24. The van der Waals surface area contributed by atoms with E-state index in [4.69, 9.17) is 0 Å². The summed E-state index contributed by atoms with van der Waals surface area (Å²) in [5, 5.41) is 3.21. The minimum atomic E-state index is -3.06. The number of hydrogen-bond acceptors (Lipinski definition) is 3. The van der Waals surface area contributed by atoms with Gasteiger partial charge in [-0.3, -0.25) is 0 Å². The van der Waals surface area contributed by atoms with Gasteiger partial charge in [-0.15, -0.1) is 0 Å². The van der Waals surface area contributed by atoms with Crippen molar-refractivity contribution in [2.24, 2.45) is 5.92 Å². The molecule has 0 unspecified atom stereocenters. The van der Waals surface area contributed by atoms with Gasteiger partial charge in [0, 0.05) is 6.04 Å². The average molecular weight is 220 g/mol. The Labute approximate surface area is 86.5 Å². The molecule has 4 nitrogen and oxygen atoms in total. The lowest BCUT2D eigenvalue weighted by molar-refractivity contribution is 0.426. The van der Waals surface area contributed by atoms with Gasteiger partial charge in [-0.25, -0.2) is 13.1 Å². The SMILES string of the molecule is CC(C)CS(=O)(=O)NC1CCNCC1. The van der Waals surface area contributed by atoms with Gasteiger partial charge in [-0.2, -0.15) is 0 Å². The second kappa shape index (κ2) is 5.09. The van der Waals surface area contributed by atoms with Crippen molar-refractivity contribution in [1.29, 1.82) is 0 Å². The zero-order valence-corrected chi connectivity index (χ0v) is 9.73. The van der Waals surface area contributed by atoms with E-state index >= 15 is 0 Å². The molecule has 5 heteroatoms. The molecule has 1 heterocycles. The highest BCUT2D eigenvalue weighted by atomic mass is 32.2. The third-order valence-corrected chi connectivity index (χ3v) is 4.04. The van der Waals surface area contributed by atoms with Crippen LogP contribution in [0.1, 0.15) is 26.7 Å². The number of piperidine rings is 1. The van der Waals surface area contributed by atoms with Gasteiger partial charge < -0.3 is 5.32 Å². The second-order valence-electron chi connectivity index (χ2n) is 4.32. The first-order chi connectivity index (χ1) is 6.49. The van der Waals surface area contributed by atoms with E-state index < -0.39 is 10.0 Å². The fraction of sp³-hybridized carbons (Fsp3) is 1.00. The highest BCUT2D eigenvalue weighted by molar-refractivity contribution is 7.89. The van der Waals surface area contributed by atoms with Gasteiger partial charge in [-0.1, -0.05) is 13.8 Å². The van der Waals surface area contributed by atoms with Crippen molar-refractivity contribution < 1.29 is 8.42 Å². The Hall–Kier alpha value is -0.130. The van der Waals surface area contributed by atoms with E-state index in [0.717, 1.165) is 25.9 Å². The Morgan fingerprint density at radius 1 is 1.36 bits per heavy atom. The molecule has 1 aliphatic rings. The highest BCUT2D eigenvalue weighted by Crippen LogP contribution is 2.06. The van der Waals surface area contributed by atoms with Gasteiger partial charge in [0.2, 0.25) is 10.0 Å². The van der Waals surface area contributed by atoms with Crippen molar-refractivity contribution in [1.82, 2.24) is 10.0 Å². The molecule has 14 heavy (non-hydrogen) atoms. The van der Waals surface area contributed by atoms with Crippen molar-refractivity contribution in [3.8, 4) is 0 Å². The summed E-state index contributed by atoms with van der Waals surface area (Å²) in [5.41, 5.74) is 0. The van der Waals surface area contributed by atoms with Crippen LogP contribution in [0, 0.1) is 5.92 Å². The molecule has 2 N–H and O–H groups in total. The van der Waals surface area contributed by atoms with Crippen LogP contribution in [-0.4, -0.2) is 33.3 Å². The van der Waals surface area contributed by atoms with Gasteiger partial charge in [-0.05, 0) is 31.8 Å². The maximum absolute atomic E-state index is 11.6. The standard InChI is InChI=1S/C9H20N2O2S/c1-8(2)7-14(12,13)11-9-3-5-10-6-4-9/h8-11H,3-7H2,1-2H3. The smallest absolute Gasteiger partial charge is 0.212 e. The largest absolute Gasteiger partial charge is 0.317 e. The number of rotatable bonds is 4. The van der Waals surface area contributed by atoms with Crippen LogP contribution in [0.4, 0.5) is 0 Å². The Balaban J connectivity index is 2.41. The molecule has 1 aliphatic heterocycles. The highest BCUT2D eigenvalue weighted by Gasteiger charge is 2.20. The first kappa shape index (κ1) is 11.9. The Bertz CT molecular complexity index is 256. The zero-order chi connectivity index (χ0) is 10.6. The van der Waals surface area contributed by atoms with Crippen molar-refractivity contribution in [2.45, 2.75) is 32.7 Å². The normalized spacial score (nSPS) is 20.2. The summed E-state index contributed by atoms with van der Waals surface area (Å²) in [6, 6.07) is 0.139. The summed E-state index contributed by atoms with van der Waals surface area (Å²) < 4.78 is 25.9. The molecule has 0 aromatic heterocycles. The summed E-state index contributed by atoms with van der Waals surface area (Å²) in [7, 11) is -3.06. The minimum absolute atomic E-state index is 0.139. The first-order valence-electron chi connectivity index (χ1n) is 5.20. The third kappa shape index (κ3) is 4.39. The van der Waals surface area contributed by atoms with Crippen molar-refractivity contribution in [3.05, 3.63) is 0 Å². The van der Waals surface area contributed by atoms with Crippen molar-refractivity contribution in [2.75, 3.05) is 18.8 Å². The lowest BCUT2D eigenvalue weighted by atomic mass is 10.1. The average Bonchev–Trinajstić information content (AvgIpc) is 2.02. The summed E-state index contributed by atoms with van der Waals surface area (Å²) in [6.45, 7) is 5.66. The predicted octanol–water partition coefficient (Wildman–Crippen LogP) is 0.314. The van der Waals surface area contributed by atoms with E-state index in [1.165, 1.54) is 0 Å². The van der Waals surface area contributed by atoms with E-state index in [1.54, 1.807) is 0 Å². The quantitative estimate of drug-likeness (QED) is 0.717. The van der Waals surface area contributed by atoms with Crippen molar-refractivity contribution >= 4 is 10.0 Å². The van der Waals surface area contributed by atoms with Gasteiger partial charge >= 0.3 is 0 Å². The molecule has 0 aliphatic carbocycles. The molecule has 1 fully saturated rings. The molecule has 0 amide bonds. The predicted molar refractivity (Wildman–Crippen MR) is 57.7 cm³/mol. The topological polar surface area (TPSA) is 58.2 Å². The van der Waals surface area contributed by atoms with Crippen LogP contribution in [0.5, 0.6) is 0 Å². The molecule has 0 bridgehead atoms. The Morgan fingerprint density at radius 2 is 1.93 bits per heavy atom. The molecule has 0 aromatic carbocycles. The number of sulfonamides is 1. The van der Waals surface area contributed by atoms with Crippen molar-refractivity contribution in [3.63, 3.8) is 0 Å². The van der Waals surface area contributed by atoms with E-state index in [2.05, 4.69) is 10.0 Å². The molecule has 0 aromatic rings. The molecule has 0 saturated carbocycles. The summed E-state index contributed by atoms with van der Waals surface area (Å²) in [5.74, 6) is 0.422. The molecule has 1 saturated heterocycles. The lowest BCUT2D eigenvalue weighted by Crippen LogP contribution is -2.43. The van der Waals surface area contributed by atoms with Crippen LogP contribution in [0.3, 0.4) is 0 Å². The van der Waals surface area contributed by atoms with Gasteiger partial charge in [0.1, 0.15) is 0 Å². The Kier molecular flexibility index (Phi) is 4.34.